The van der Waals surface area contributed by atoms with Gasteiger partial charge in [-0.05, 0) is 57.4 Å². The third kappa shape index (κ3) is 3.59. The Bertz CT molecular complexity index is 1030. The standard InChI is InChI=1S/C23H28N4O2/c1-14(2)27-22-20(13-24-27)19(12-21(25-22)17-6-7-17)23(28)26(4)15(3)16-8-10-18(29-5)11-9-16/h8-15,17H,6-7H2,1-5H3. The van der Waals surface area contributed by atoms with Crippen molar-refractivity contribution in [2.45, 2.75) is 51.6 Å². The Kier molecular flexibility index (Phi) is 5.03. The highest BCUT2D eigenvalue weighted by Gasteiger charge is 2.29. The van der Waals surface area contributed by atoms with E-state index in [2.05, 4.69) is 18.9 Å². The SMILES string of the molecule is COc1ccc(C(C)N(C)C(=O)c2cc(C3CC3)nc3c2cnn3C(C)C)cc1. The van der Waals surface area contributed by atoms with E-state index in [1.54, 1.807) is 18.2 Å². The van der Waals surface area contributed by atoms with Crippen molar-refractivity contribution >= 4 is 16.9 Å². The number of rotatable bonds is 6. The van der Waals surface area contributed by atoms with Crippen molar-refractivity contribution in [3.63, 3.8) is 0 Å². The second-order valence-electron chi connectivity index (χ2n) is 8.15. The van der Waals surface area contributed by atoms with Crippen LogP contribution in [-0.4, -0.2) is 39.7 Å². The molecule has 1 atom stereocenters. The smallest absolute Gasteiger partial charge is 0.254 e. The van der Waals surface area contributed by atoms with Crippen LogP contribution in [0.3, 0.4) is 0 Å². The Morgan fingerprint density at radius 2 is 1.90 bits per heavy atom. The molecule has 1 unspecified atom stereocenters. The van der Waals surface area contributed by atoms with Gasteiger partial charge in [-0.25, -0.2) is 9.67 Å². The summed E-state index contributed by atoms with van der Waals surface area (Å²) in [4.78, 5) is 20.2. The van der Waals surface area contributed by atoms with Crippen molar-refractivity contribution < 1.29 is 9.53 Å². The third-order valence-electron chi connectivity index (χ3n) is 5.80. The van der Waals surface area contributed by atoms with Crippen molar-refractivity contribution in [1.29, 1.82) is 0 Å². The minimum Gasteiger partial charge on any atom is -0.497 e. The van der Waals surface area contributed by atoms with Gasteiger partial charge < -0.3 is 9.64 Å². The molecule has 1 aliphatic rings. The van der Waals surface area contributed by atoms with Crippen molar-refractivity contribution in [2.24, 2.45) is 0 Å². The Morgan fingerprint density at radius 3 is 2.48 bits per heavy atom. The zero-order chi connectivity index (χ0) is 20.7. The van der Waals surface area contributed by atoms with E-state index in [1.807, 2.05) is 49.0 Å². The van der Waals surface area contributed by atoms with Crippen LogP contribution in [0.1, 0.15) is 73.2 Å². The molecule has 6 heteroatoms. The largest absolute Gasteiger partial charge is 0.497 e. The number of methoxy groups -OCH3 is 1. The molecule has 0 radical (unpaired) electrons. The summed E-state index contributed by atoms with van der Waals surface area (Å²) >= 11 is 0. The van der Waals surface area contributed by atoms with E-state index in [0.717, 1.165) is 40.9 Å². The molecule has 1 saturated carbocycles. The number of fused-ring (bicyclic) bond motifs is 1. The van der Waals surface area contributed by atoms with Crippen LogP contribution in [0, 0.1) is 0 Å². The van der Waals surface area contributed by atoms with Crippen LogP contribution in [0.15, 0.2) is 36.5 Å². The Morgan fingerprint density at radius 1 is 1.21 bits per heavy atom. The average molecular weight is 393 g/mol. The zero-order valence-electron chi connectivity index (χ0n) is 17.7. The van der Waals surface area contributed by atoms with Gasteiger partial charge >= 0.3 is 0 Å². The second-order valence-corrected chi connectivity index (χ2v) is 8.15. The molecule has 29 heavy (non-hydrogen) atoms. The molecule has 0 bridgehead atoms. The van der Waals surface area contributed by atoms with Crippen LogP contribution >= 0.6 is 0 Å². The van der Waals surface area contributed by atoms with E-state index in [4.69, 9.17) is 9.72 Å². The molecule has 4 rings (SSSR count). The minimum atomic E-state index is -0.0684. The maximum Gasteiger partial charge on any atom is 0.254 e. The van der Waals surface area contributed by atoms with Gasteiger partial charge in [0.15, 0.2) is 5.65 Å². The maximum absolute atomic E-state index is 13.5. The predicted molar refractivity (Wildman–Crippen MR) is 113 cm³/mol. The maximum atomic E-state index is 13.5. The molecule has 1 fully saturated rings. The highest BCUT2D eigenvalue weighted by Crippen LogP contribution is 2.40. The number of pyridine rings is 1. The average Bonchev–Trinajstić information content (AvgIpc) is 3.50. The third-order valence-corrected chi connectivity index (χ3v) is 5.80. The van der Waals surface area contributed by atoms with Crippen LogP contribution in [-0.2, 0) is 0 Å². The lowest BCUT2D eigenvalue weighted by atomic mass is 10.0. The van der Waals surface area contributed by atoms with Crippen molar-refractivity contribution in [3.8, 4) is 5.75 Å². The van der Waals surface area contributed by atoms with Gasteiger partial charge in [-0.3, -0.25) is 4.79 Å². The summed E-state index contributed by atoms with van der Waals surface area (Å²) in [6.45, 7) is 6.20. The fourth-order valence-corrected chi connectivity index (χ4v) is 3.65. The summed E-state index contributed by atoms with van der Waals surface area (Å²) in [5.74, 6) is 1.26. The van der Waals surface area contributed by atoms with Gasteiger partial charge in [0.2, 0.25) is 0 Å². The molecule has 1 aliphatic carbocycles. The molecule has 0 spiro atoms. The summed E-state index contributed by atoms with van der Waals surface area (Å²) in [5, 5.41) is 5.33. The van der Waals surface area contributed by atoms with E-state index >= 15 is 0 Å². The molecule has 0 saturated heterocycles. The van der Waals surface area contributed by atoms with Crippen LogP contribution in [0.5, 0.6) is 5.75 Å². The molecule has 6 nitrogen and oxygen atoms in total. The first-order valence-corrected chi connectivity index (χ1v) is 10.2. The fraction of sp³-hybridized carbons (Fsp3) is 0.435. The Hall–Kier alpha value is -2.89. The highest BCUT2D eigenvalue weighted by atomic mass is 16.5. The number of nitrogens with zero attached hydrogens (tertiary/aromatic N) is 4. The topological polar surface area (TPSA) is 60.2 Å². The van der Waals surface area contributed by atoms with Crippen molar-refractivity contribution in [1.82, 2.24) is 19.7 Å². The molecule has 3 aromatic rings. The lowest BCUT2D eigenvalue weighted by molar-refractivity contribution is 0.0744. The van der Waals surface area contributed by atoms with Crippen LogP contribution in [0.2, 0.25) is 0 Å². The number of amides is 1. The van der Waals surface area contributed by atoms with Gasteiger partial charge in [0.05, 0.1) is 30.3 Å². The van der Waals surface area contributed by atoms with Crippen molar-refractivity contribution in [2.75, 3.05) is 14.2 Å². The van der Waals surface area contributed by atoms with E-state index < -0.39 is 0 Å². The van der Waals surface area contributed by atoms with Gasteiger partial charge in [-0.2, -0.15) is 5.10 Å². The summed E-state index contributed by atoms with van der Waals surface area (Å²) in [6, 6.07) is 9.95. The van der Waals surface area contributed by atoms with Gasteiger partial charge in [-0.15, -0.1) is 0 Å². The summed E-state index contributed by atoms with van der Waals surface area (Å²) in [6.07, 6.45) is 4.05. The first-order chi connectivity index (χ1) is 13.9. The monoisotopic (exact) mass is 392 g/mol. The number of aromatic nitrogens is 3. The molecule has 152 valence electrons. The number of hydrogen-bond donors (Lipinski definition) is 0. The van der Waals surface area contributed by atoms with E-state index in [-0.39, 0.29) is 18.0 Å². The molecule has 1 aromatic carbocycles. The van der Waals surface area contributed by atoms with Crippen LogP contribution in [0.4, 0.5) is 0 Å². The van der Waals surface area contributed by atoms with Gasteiger partial charge in [0.25, 0.3) is 5.91 Å². The van der Waals surface area contributed by atoms with E-state index in [9.17, 15) is 4.79 Å². The molecular formula is C23H28N4O2. The summed E-state index contributed by atoms with van der Waals surface area (Å²) in [5.41, 5.74) is 3.56. The van der Waals surface area contributed by atoms with Crippen LogP contribution < -0.4 is 4.74 Å². The second kappa shape index (κ2) is 7.50. The number of ether oxygens (including phenoxy) is 1. The molecule has 0 N–H and O–H groups in total. The van der Waals surface area contributed by atoms with E-state index in [1.165, 1.54) is 0 Å². The first kappa shape index (κ1) is 19.4. The molecule has 2 heterocycles. The van der Waals surface area contributed by atoms with Crippen LogP contribution in [0.25, 0.3) is 11.0 Å². The normalized spacial score (nSPS) is 15.0. The van der Waals surface area contributed by atoms with Gasteiger partial charge in [0, 0.05) is 24.7 Å². The fourth-order valence-electron chi connectivity index (χ4n) is 3.65. The first-order valence-electron chi connectivity index (χ1n) is 10.2. The number of carbonyl (C=O) groups is 1. The zero-order valence-corrected chi connectivity index (χ0v) is 17.7. The summed E-state index contributed by atoms with van der Waals surface area (Å²) in [7, 11) is 3.50. The molecular weight excluding hydrogens is 364 g/mol. The minimum absolute atomic E-state index is 0.00840. The lowest BCUT2D eigenvalue weighted by Crippen LogP contribution is -2.30. The number of carbonyl (C=O) groups excluding carboxylic acids is 1. The lowest BCUT2D eigenvalue weighted by Gasteiger charge is -2.26. The van der Waals surface area contributed by atoms with Crippen molar-refractivity contribution in [3.05, 3.63) is 53.3 Å². The quantitative estimate of drug-likeness (QED) is 0.608. The molecule has 2 aromatic heterocycles. The van der Waals surface area contributed by atoms with Gasteiger partial charge in [-0.1, -0.05) is 12.1 Å². The van der Waals surface area contributed by atoms with Gasteiger partial charge in [0.1, 0.15) is 5.75 Å². The number of hydrogen-bond acceptors (Lipinski definition) is 4. The van der Waals surface area contributed by atoms with E-state index in [0.29, 0.717) is 11.5 Å². The molecule has 1 amide bonds. The Labute approximate surface area is 171 Å². The highest BCUT2D eigenvalue weighted by molar-refractivity contribution is 6.05. The Balaban J connectivity index is 1.71. The number of benzene rings is 1. The molecule has 0 aliphatic heterocycles. The summed E-state index contributed by atoms with van der Waals surface area (Å²) < 4.78 is 7.15. The predicted octanol–water partition coefficient (Wildman–Crippen LogP) is 4.73.